The van der Waals surface area contributed by atoms with Gasteiger partial charge in [0.25, 0.3) is 0 Å². The fourth-order valence-corrected chi connectivity index (χ4v) is 2.68. The van der Waals surface area contributed by atoms with Crippen LogP contribution in [0.4, 0.5) is 5.69 Å². The maximum absolute atomic E-state index is 5.53. The van der Waals surface area contributed by atoms with E-state index in [-0.39, 0.29) is 0 Å². The predicted octanol–water partition coefficient (Wildman–Crippen LogP) is 4.10. The first kappa shape index (κ1) is 12.1. The minimum atomic E-state index is 0.307. The molecule has 0 spiro atoms. The Kier molecular flexibility index (Phi) is 3.16. The van der Waals surface area contributed by atoms with Gasteiger partial charge in [-0.3, -0.25) is 0 Å². The van der Waals surface area contributed by atoms with E-state index in [0.717, 1.165) is 18.8 Å². The molecule has 1 N–H and O–H groups in total. The van der Waals surface area contributed by atoms with Crippen LogP contribution in [0.5, 0.6) is 5.75 Å². The molecule has 1 unspecified atom stereocenters. The molecule has 2 aromatic carbocycles. The Balaban J connectivity index is 1.80. The Labute approximate surface area is 114 Å². The Morgan fingerprint density at radius 1 is 1.16 bits per heavy atom. The van der Waals surface area contributed by atoms with E-state index in [9.17, 15) is 0 Å². The van der Waals surface area contributed by atoms with Gasteiger partial charge in [0, 0.05) is 18.2 Å². The summed E-state index contributed by atoms with van der Waals surface area (Å²) in [6.07, 6.45) is 1.02. The molecule has 2 aromatic rings. The van der Waals surface area contributed by atoms with Gasteiger partial charge in [0.05, 0.1) is 6.61 Å². The van der Waals surface area contributed by atoms with Gasteiger partial charge < -0.3 is 10.1 Å². The number of hydrogen-bond acceptors (Lipinski definition) is 2. The molecule has 1 aliphatic rings. The van der Waals surface area contributed by atoms with Crippen LogP contribution in [0.3, 0.4) is 0 Å². The van der Waals surface area contributed by atoms with Crippen molar-refractivity contribution in [3.63, 3.8) is 0 Å². The van der Waals surface area contributed by atoms with Crippen LogP contribution in [-0.2, 0) is 6.42 Å². The predicted molar refractivity (Wildman–Crippen MR) is 78.9 cm³/mol. The lowest BCUT2D eigenvalue weighted by Gasteiger charge is -2.18. The third-order valence-electron chi connectivity index (χ3n) is 3.73. The fraction of sp³-hybridized carbons (Fsp3) is 0.294. The van der Waals surface area contributed by atoms with Crippen LogP contribution in [0.15, 0.2) is 42.5 Å². The second kappa shape index (κ2) is 4.96. The Bertz CT molecular complexity index is 592. The molecule has 2 heteroatoms. The number of rotatable bonds is 3. The van der Waals surface area contributed by atoms with E-state index in [1.165, 1.54) is 22.4 Å². The van der Waals surface area contributed by atoms with Gasteiger partial charge in [-0.2, -0.15) is 0 Å². The van der Waals surface area contributed by atoms with Crippen LogP contribution < -0.4 is 10.1 Å². The first-order valence-electron chi connectivity index (χ1n) is 6.82. The number of fused-ring (bicyclic) bond motifs is 1. The molecule has 1 atom stereocenters. The van der Waals surface area contributed by atoms with Crippen molar-refractivity contribution in [2.75, 3.05) is 11.9 Å². The van der Waals surface area contributed by atoms with Crippen molar-refractivity contribution in [1.82, 2.24) is 0 Å². The van der Waals surface area contributed by atoms with E-state index < -0.39 is 0 Å². The van der Waals surface area contributed by atoms with Crippen molar-refractivity contribution in [2.24, 2.45) is 0 Å². The molecule has 98 valence electrons. The van der Waals surface area contributed by atoms with Crippen LogP contribution in [0, 0.1) is 6.92 Å². The molecule has 3 rings (SSSR count). The molecule has 0 saturated heterocycles. The fourth-order valence-electron chi connectivity index (χ4n) is 2.68. The van der Waals surface area contributed by atoms with Gasteiger partial charge in [0.1, 0.15) is 5.75 Å². The minimum absolute atomic E-state index is 0.307. The summed E-state index contributed by atoms with van der Waals surface area (Å²) in [6.45, 7) is 5.17. The van der Waals surface area contributed by atoms with Crippen molar-refractivity contribution < 1.29 is 4.74 Å². The molecule has 19 heavy (non-hydrogen) atoms. The van der Waals surface area contributed by atoms with Gasteiger partial charge >= 0.3 is 0 Å². The van der Waals surface area contributed by atoms with E-state index in [0.29, 0.717) is 6.04 Å². The molecule has 2 nitrogen and oxygen atoms in total. The molecule has 0 radical (unpaired) electrons. The highest BCUT2D eigenvalue weighted by molar-refractivity contribution is 5.53. The number of benzene rings is 2. The molecule has 1 aliphatic heterocycles. The van der Waals surface area contributed by atoms with Crippen LogP contribution in [0.1, 0.15) is 29.7 Å². The van der Waals surface area contributed by atoms with E-state index in [1.807, 2.05) is 0 Å². The van der Waals surface area contributed by atoms with Gasteiger partial charge in [-0.1, -0.05) is 24.3 Å². The van der Waals surface area contributed by atoms with Crippen molar-refractivity contribution in [2.45, 2.75) is 26.3 Å². The van der Waals surface area contributed by atoms with Gasteiger partial charge in [-0.25, -0.2) is 0 Å². The molecule has 1 heterocycles. The normalized spacial score (nSPS) is 14.6. The number of ether oxygens (including phenoxy) is 1. The number of hydrogen-bond donors (Lipinski definition) is 1. The zero-order valence-electron chi connectivity index (χ0n) is 11.4. The summed E-state index contributed by atoms with van der Waals surface area (Å²) in [5.41, 5.74) is 5.15. The van der Waals surface area contributed by atoms with Crippen molar-refractivity contribution in [1.29, 1.82) is 0 Å². The van der Waals surface area contributed by atoms with Gasteiger partial charge in [-0.05, 0) is 48.7 Å². The highest BCUT2D eigenvalue weighted by Gasteiger charge is 2.13. The van der Waals surface area contributed by atoms with E-state index in [4.69, 9.17) is 4.74 Å². The topological polar surface area (TPSA) is 21.3 Å². The Morgan fingerprint density at radius 3 is 2.84 bits per heavy atom. The zero-order valence-corrected chi connectivity index (χ0v) is 11.4. The van der Waals surface area contributed by atoms with Crippen molar-refractivity contribution in [3.8, 4) is 5.75 Å². The average Bonchev–Trinajstić information content (AvgIpc) is 2.86. The van der Waals surface area contributed by atoms with Gasteiger partial charge in [0.15, 0.2) is 0 Å². The summed E-state index contributed by atoms with van der Waals surface area (Å²) in [7, 11) is 0. The molecule has 0 aromatic heterocycles. The summed E-state index contributed by atoms with van der Waals surface area (Å²) in [6, 6.07) is 15.2. The smallest absolute Gasteiger partial charge is 0.122 e. The second-order valence-electron chi connectivity index (χ2n) is 5.14. The molecule has 0 amide bonds. The molecular weight excluding hydrogens is 234 g/mol. The Hall–Kier alpha value is -1.96. The first-order valence-corrected chi connectivity index (χ1v) is 6.82. The zero-order chi connectivity index (χ0) is 13.2. The minimum Gasteiger partial charge on any atom is -0.493 e. The summed E-state index contributed by atoms with van der Waals surface area (Å²) < 4.78 is 5.53. The monoisotopic (exact) mass is 253 g/mol. The van der Waals surface area contributed by atoms with Crippen molar-refractivity contribution in [3.05, 3.63) is 59.2 Å². The maximum atomic E-state index is 5.53. The first-order chi connectivity index (χ1) is 9.24. The molecule has 0 saturated carbocycles. The standard InChI is InChI=1S/C17H19NO/c1-12-5-3-4-6-16(12)13(2)18-15-7-8-17-14(11-15)9-10-19-17/h3-8,11,13,18H,9-10H2,1-2H3. The summed E-state index contributed by atoms with van der Waals surface area (Å²) in [5, 5.41) is 3.57. The highest BCUT2D eigenvalue weighted by atomic mass is 16.5. The summed E-state index contributed by atoms with van der Waals surface area (Å²) >= 11 is 0. The lowest BCUT2D eigenvalue weighted by Crippen LogP contribution is -2.08. The largest absolute Gasteiger partial charge is 0.493 e. The average molecular weight is 253 g/mol. The number of anilines is 1. The van der Waals surface area contributed by atoms with E-state index in [1.54, 1.807) is 0 Å². The second-order valence-corrected chi connectivity index (χ2v) is 5.14. The molecular formula is C17H19NO. The van der Waals surface area contributed by atoms with Crippen LogP contribution in [0.25, 0.3) is 0 Å². The van der Waals surface area contributed by atoms with Crippen LogP contribution in [0.2, 0.25) is 0 Å². The lowest BCUT2D eigenvalue weighted by molar-refractivity contribution is 0.357. The van der Waals surface area contributed by atoms with E-state index >= 15 is 0 Å². The SMILES string of the molecule is Cc1ccccc1C(C)Nc1ccc2c(c1)CCO2. The van der Waals surface area contributed by atoms with Gasteiger partial charge in [0.2, 0.25) is 0 Å². The van der Waals surface area contributed by atoms with Gasteiger partial charge in [-0.15, -0.1) is 0 Å². The Morgan fingerprint density at radius 2 is 2.00 bits per heavy atom. The third-order valence-corrected chi connectivity index (χ3v) is 3.73. The van der Waals surface area contributed by atoms with Crippen LogP contribution >= 0.6 is 0 Å². The summed E-state index contributed by atoms with van der Waals surface area (Å²) in [5.74, 6) is 1.04. The number of aryl methyl sites for hydroxylation is 1. The van der Waals surface area contributed by atoms with Crippen molar-refractivity contribution >= 4 is 5.69 Å². The van der Waals surface area contributed by atoms with E-state index in [2.05, 4.69) is 61.6 Å². The molecule has 0 bridgehead atoms. The quantitative estimate of drug-likeness (QED) is 0.889. The molecule has 0 fully saturated rings. The molecule has 0 aliphatic carbocycles. The van der Waals surface area contributed by atoms with Crippen LogP contribution in [-0.4, -0.2) is 6.61 Å². The lowest BCUT2D eigenvalue weighted by atomic mass is 10.0. The maximum Gasteiger partial charge on any atom is 0.122 e. The highest BCUT2D eigenvalue weighted by Crippen LogP contribution is 2.30. The summed E-state index contributed by atoms with van der Waals surface area (Å²) in [4.78, 5) is 0. The third kappa shape index (κ3) is 2.43. The number of nitrogens with one attached hydrogen (secondary N) is 1.